The second-order valence-corrected chi connectivity index (χ2v) is 5.20. The van der Waals surface area contributed by atoms with E-state index in [9.17, 15) is 4.79 Å². The molecule has 0 saturated carbocycles. The van der Waals surface area contributed by atoms with Gasteiger partial charge < -0.3 is 9.52 Å². The zero-order valence-electron chi connectivity index (χ0n) is 10.5. The average Bonchev–Trinajstić information content (AvgIpc) is 2.76. The number of benzene rings is 2. The summed E-state index contributed by atoms with van der Waals surface area (Å²) in [6, 6.07) is 15.4. The van der Waals surface area contributed by atoms with E-state index in [0.29, 0.717) is 15.8 Å². The summed E-state index contributed by atoms with van der Waals surface area (Å²) in [6.45, 7) is 0. The number of fused-ring (bicyclic) bond motifs is 1. The lowest BCUT2D eigenvalue weighted by molar-refractivity contribution is -0.136. The van der Waals surface area contributed by atoms with Gasteiger partial charge in [-0.15, -0.1) is 0 Å². The highest BCUT2D eigenvalue weighted by molar-refractivity contribution is 9.10. The molecule has 0 aliphatic carbocycles. The normalized spacial score (nSPS) is 10.8. The predicted molar refractivity (Wildman–Crippen MR) is 80.7 cm³/mol. The van der Waals surface area contributed by atoms with Crippen molar-refractivity contribution in [2.75, 3.05) is 0 Å². The van der Waals surface area contributed by atoms with Crippen molar-refractivity contribution < 1.29 is 14.3 Å². The summed E-state index contributed by atoms with van der Waals surface area (Å²) in [4.78, 5) is 10.9. The second-order valence-electron chi connectivity index (χ2n) is 4.48. The first-order valence-electron chi connectivity index (χ1n) is 6.14. The van der Waals surface area contributed by atoms with Crippen LogP contribution in [0.2, 0.25) is 0 Å². The summed E-state index contributed by atoms with van der Waals surface area (Å²) < 4.78 is 6.36. The molecule has 0 unspecified atom stereocenters. The van der Waals surface area contributed by atoms with Gasteiger partial charge in [0.2, 0.25) is 0 Å². The molecule has 20 heavy (non-hydrogen) atoms. The van der Waals surface area contributed by atoms with Crippen molar-refractivity contribution >= 4 is 32.9 Å². The van der Waals surface area contributed by atoms with Crippen molar-refractivity contribution in [1.82, 2.24) is 0 Å². The molecule has 0 amide bonds. The summed E-state index contributed by atoms with van der Waals surface area (Å²) in [6.07, 6.45) is -0.0501. The van der Waals surface area contributed by atoms with Crippen LogP contribution in [0.25, 0.3) is 22.1 Å². The van der Waals surface area contributed by atoms with Crippen molar-refractivity contribution in [2.45, 2.75) is 6.42 Å². The minimum absolute atomic E-state index is 0.0501. The van der Waals surface area contributed by atoms with Crippen molar-refractivity contribution in [2.24, 2.45) is 0 Å². The fourth-order valence-electron chi connectivity index (χ4n) is 2.32. The van der Waals surface area contributed by atoms with Gasteiger partial charge in [0.25, 0.3) is 0 Å². The lowest BCUT2D eigenvalue weighted by Crippen LogP contribution is -1.99. The lowest BCUT2D eigenvalue weighted by atomic mass is 10.0. The van der Waals surface area contributed by atoms with E-state index in [-0.39, 0.29) is 6.42 Å². The van der Waals surface area contributed by atoms with E-state index < -0.39 is 5.97 Å². The summed E-state index contributed by atoms with van der Waals surface area (Å²) >= 11 is 3.43. The smallest absolute Gasteiger partial charge is 0.307 e. The number of furan rings is 1. The second kappa shape index (κ2) is 5.13. The van der Waals surface area contributed by atoms with Crippen LogP contribution in [0, 0.1) is 0 Å². The quantitative estimate of drug-likeness (QED) is 0.769. The third-order valence-corrected chi connectivity index (χ3v) is 3.72. The van der Waals surface area contributed by atoms with Gasteiger partial charge in [0.05, 0.1) is 6.42 Å². The Morgan fingerprint density at radius 2 is 1.85 bits per heavy atom. The van der Waals surface area contributed by atoms with Gasteiger partial charge in [0, 0.05) is 16.5 Å². The molecule has 0 aliphatic rings. The number of carboxylic acids is 1. The number of hydrogen-bond donors (Lipinski definition) is 1. The first-order chi connectivity index (χ1) is 9.66. The Kier molecular flexibility index (Phi) is 3.32. The van der Waals surface area contributed by atoms with Gasteiger partial charge in [0.15, 0.2) is 4.67 Å². The Morgan fingerprint density at radius 1 is 1.10 bits per heavy atom. The van der Waals surface area contributed by atoms with Crippen LogP contribution in [-0.4, -0.2) is 11.1 Å². The molecular weight excluding hydrogens is 320 g/mol. The van der Waals surface area contributed by atoms with E-state index >= 15 is 0 Å². The van der Waals surface area contributed by atoms with E-state index in [1.54, 1.807) is 6.07 Å². The van der Waals surface area contributed by atoms with Crippen LogP contribution in [0.15, 0.2) is 57.6 Å². The van der Waals surface area contributed by atoms with E-state index in [1.165, 1.54) is 0 Å². The van der Waals surface area contributed by atoms with Gasteiger partial charge >= 0.3 is 5.97 Å². The number of carboxylic acid groups (broad SMARTS) is 1. The van der Waals surface area contributed by atoms with Gasteiger partial charge in [-0.2, -0.15) is 0 Å². The van der Waals surface area contributed by atoms with E-state index in [1.807, 2.05) is 42.5 Å². The standard InChI is InChI=1S/C16H11BrO3/c17-16-14(10-5-2-1-3-6-10)12-8-4-7-11(9-13(18)19)15(12)20-16/h1-8H,9H2,(H,18,19). The van der Waals surface area contributed by atoms with Crippen molar-refractivity contribution in [1.29, 1.82) is 0 Å². The van der Waals surface area contributed by atoms with Gasteiger partial charge in [-0.05, 0) is 21.5 Å². The molecule has 1 heterocycles. The third-order valence-electron chi connectivity index (χ3n) is 3.16. The molecule has 3 nitrogen and oxygen atoms in total. The maximum Gasteiger partial charge on any atom is 0.307 e. The molecular formula is C16H11BrO3. The molecule has 0 radical (unpaired) electrons. The molecule has 2 aromatic carbocycles. The van der Waals surface area contributed by atoms with Crippen LogP contribution in [0.1, 0.15) is 5.56 Å². The van der Waals surface area contributed by atoms with E-state index in [0.717, 1.165) is 16.5 Å². The van der Waals surface area contributed by atoms with E-state index in [4.69, 9.17) is 9.52 Å². The number of carbonyl (C=O) groups is 1. The van der Waals surface area contributed by atoms with Crippen LogP contribution in [0.5, 0.6) is 0 Å². The zero-order chi connectivity index (χ0) is 14.1. The molecule has 0 saturated heterocycles. The fourth-order valence-corrected chi connectivity index (χ4v) is 2.93. The highest BCUT2D eigenvalue weighted by Crippen LogP contribution is 2.39. The molecule has 0 bridgehead atoms. The average molecular weight is 331 g/mol. The van der Waals surface area contributed by atoms with Crippen LogP contribution >= 0.6 is 15.9 Å². The highest BCUT2D eigenvalue weighted by atomic mass is 79.9. The van der Waals surface area contributed by atoms with Gasteiger partial charge in [0.1, 0.15) is 5.58 Å². The van der Waals surface area contributed by atoms with Gasteiger partial charge in [-0.1, -0.05) is 48.5 Å². The third kappa shape index (κ3) is 2.23. The predicted octanol–water partition coefficient (Wildman–Crippen LogP) is 4.49. The Balaban J connectivity index is 2.25. The van der Waals surface area contributed by atoms with E-state index in [2.05, 4.69) is 15.9 Å². The molecule has 0 aliphatic heterocycles. The number of aliphatic carboxylic acids is 1. The molecule has 100 valence electrons. The Bertz CT molecular complexity index is 775. The number of rotatable bonds is 3. The number of halogens is 1. The molecule has 0 atom stereocenters. The van der Waals surface area contributed by atoms with Crippen molar-refractivity contribution in [3.63, 3.8) is 0 Å². The molecule has 3 aromatic rings. The maximum absolute atomic E-state index is 10.9. The van der Waals surface area contributed by atoms with Crippen LogP contribution in [-0.2, 0) is 11.2 Å². The van der Waals surface area contributed by atoms with Crippen LogP contribution in [0.3, 0.4) is 0 Å². The van der Waals surface area contributed by atoms with Crippen molar-refractivity contribution in [3.05, 3.63) is 58.8 Å². The largest absolute Gasteiger partial charge is 0.481 e. The Hall–Kier alpha value is -2.07. The first-order valence-corrected chi connectivity index (χ1v) is 6.93. The topological polar surface area (TPSA) is 50.4 Å². The summed E-state index contributed by atoms with van der Waals surface area (Å²) in [5, 5.41) is 9.88. The maximum atomic E-state index is 10.9. The Morgan fingerprint density at radius 3 is 2.55 bits per heavy atom. The summed E-state index contributed by atoms with van der Waals surface area (Å²) in [5.74, 6) is -0.869. The summed E-state index contributed by atoms with van der Waals surface area (Å²) in [5.41, 5.74) is 3.29. The lowest BCUT2D eigenvalue weighted by Gasteiger charge is -2.00. The molecule has 3 rings (SSSR count). The minimum Gasteiger partial charge on any atom is -0.481 e. The molecule has 0 spiro atoms. The van der Waals surface area contributed by atoms with Gasteiger partial charge in [-0.3, -0.25) is 4.79 Å². The summed E-state index contributed by atoms with van der Waals surface area (Å²) in [7, 11) is 0. The molecule has 1 aromatic heterocycles. The molecule has 1 N–H and O–H groups in total. The fraction of sp³-hybridized carbons (Fsp3) is 0.0625. The number of hydrogen-bond acceptors (Lipinski definition) is 2. The zero-order valence-corrected chi connectivity index (χ0v) is 12.1. The minimum atomic E-state index is -0.869. The highest BCUT2D eigenvalue weighted by Gasteiger charge is 2.17. The van der Waals surface area contributed by atoms with Crippen LogP contribution < -0.4 is 0 Å². The van der Waals surface area contributed by atoms with Crippen LogP contribution in [0.4, 0.5) is 0 Å². The van der Waals surface area contributed by atoms with Crippen molar-refractivity contribution in [3.8, 4) is 11.1 Å². The number of para-hydroxylation sites is 1. The Labute approximate surface area is 124 Å². The SMILES string of the molecule is O=C(O)Cc1cccc2c(-c3ccccc3)c(Br)oc12. The van der Waals surface area contributed by atoms with Gasteiger partial charge in [-0.25, -0.2) is 0 Å². The first kappa shape index (κ1) is 12.9. The monoisotopic (exact) mass is 330 g/mol. The molecule has 0 fully saturated rings. The molecule has 4 heteroatoms.